The number of thioether (sulfide) groups is 1. The number of pyridine rings is 2. The lowest BCUT2D eigenvalue weighted by Gasteiger charge is -2.20. The number of imidazole rings is 1. The van der Waals surface area contributed by atoms with Gasteiger partial charge in [-0.1, -0.05) is 6.92 Å². The van der Waals surface area contributed by atoms with Gasteiger partial charge in [-0.3, -0.25) is 4.98 Å². The van der Waals surface area contributed by atoms with Crippen molar-refractivity contribution in [3.8, 4) is 11.5 Å². The normalized spacial score (nSPS) is 13.3. The van der Waals surface area contributed by atoms with Crippen LogP contribution in [0.2, 0.25) is 0 Å². The van der Waals surface area contributed by atoms with Crippen molar-refractivity contribution in [1.29, 1.82) is 0 Å². The summed E-state index contributed by atoms with van der Waals surface area (Å²) in [6.07, 6.45) is -9.45. The molecule has 0 aliphatic rings. The van der Waals surface area contributed by atoms with E-state index in [1.54, 1.807) is 6.92 Å². The first-order valence-electron chi connectivity index (χ1n) is 8.25. The van der Waals surface area contributed by atoms with Crippen LogP contribution in [0.25, 0.3) is 22.7 Å². The summed E-state index contributed by atoms with van der Waals surface area (Å²) in [6, 6.07) is 1.43. The van der Waals surface area contributed by atoms with Gasteiger partial charge in [0.1, 0.15) is 11.2 Å². The summed E-state index contributed by atoms with van der Waals surface area (Å²) in [5, 5.41) is 0. The van der Waals surface area contributed by atoms with E-state index in [1.807, 2.05) is 0 Å². The molecule has 0 aliphatic heterocycles. The molecule has 30 heavy (non-hydrogen) atoms. The van der Waals surface area contributed by atoms with Crippen molar-refractivity contribution in [3.05, 3.63) is 35.7 Å². The Balaban J connectivity index is 2.17. The monoisotopic (exact) mass is 456 g/mol. The zero-order valence-corrected chi connectivity index (χ0v) is 16.1. The van der Waals surface area contributed by atoms with Crippen LogP contribution in [0.15, 0.2) is 29.4 Å². The lowest BCUT2D eigenvalue weighted by atomic mass is 10.1. The number of alkyl halides is 8. The molecule has 3 rings (SSSR count). The molecule has 13 heteroatoms. The number of hydrogen-bond acceptors (Lipinski definition) is 4. The van der Waals surface area contributed by atoms with Crippen molar-refractivity contribution in [3.63, 3.8) is 0 Å². The molecule has 0 amide bonds. The molecule has 0 N–H and O–H groups in total. The van der Waals surface area contributed by atoms with Gasteiger partial charge in [0, 0.05) is 29.9 Å². The van der Waals surface area contributed by atoms with Gasteiger partial charge in [0.05, 0.1) is 5.56 Å². The van der Waals surface area contributed by atoms with Crippen molar-refractivity contribution in [2.75, 3.05) is 5.75 Å². The van der Waals surface area contributed by atoms with Gasteiger partial charge in [-0.05, 0) is 17.9 Å². The predicted octanol–water partition coefficient (Wildman–Crippen LogP) is 5.82. The first kappa shape index (κ1) is 22.2. The minimum Gasteiger partial charge on any atom is -0.310 e. The fourth-order valence-corrected chi connectivity index (χ4v) is 3.46. The molecule has 0 spiro atoms. The van der Waals surface area contributed by atoms with Crippen LogP contribution >= 0.6 is 11.8 Å². The van der Waals surface area contributed by atoms with Crippen LogP contribution in [0.4, 0.5) is 35.1 Å². The highest BCUT2D eigenvalue weighted by atomic mass is 32.2. The number of fused-ring (bicyclic) bond motifs is 1. The van der Waals surface area contributed by atoms with Gasteiger partial charge in [0.2, 0.25) is 0 Å². The molecule has 0 fully saturated rings. The van der Waals surface area contributed by atoms with Crippen LogP contribution in [-0.4, -0.2) is 31.4 Å². The maximum Gasteiger partial charge on any atom is 0.458 e. The van der Waals surface area contributed by atoms with E-state index in [-0.39, 0.29) is 27.6 Å². The molecule has 3 aromatic heterocycles. The topological polar surface area (TPSA) is 43.6 Å². The summed E-state index contributed by atoms with van der Waals surface area (Å²) in [7, 11) is 1.42. The average Bonchev–Trinajstić information content (AvgIpc) is 2.96. The second kappa shape index (κ2) is 7.36. The third-order valence-electron chi connectivity index (χ3n) is 4.12. The fourth-order valence-electron chi connectivity index (χ4n) is 2.66. The molecular weight excluding hydrogens is 444 g/mol. The van der Waals surface area contributed by atoms with E-state index in [0.29, 0.717) is 24.2 Å². The molecule has 0 aromatic carbocycles. The third kappa shape index (κ3) is 3.82. The third-order valence-corrected chi connectivity index (χ3v) is 5.03. The van der Waals surface area contributed by atoms with Crippen LogP contribution in [0.3, 0.4) is 0 Å². The predicted molar refractivity (Wildman–Crippen MR) is 93.1 cm³/mol. The Hall–Kier alpha value is -2.44. The maximum atomic E-state index is 13.7. The van der Waals surface area contributed by atoms with Crippen molar-refractivity contribution >= 4 is 22.9 Å². The van der Waals surface area contributed by atoms with Crippen LogP contribution in [0.5, 0.6) is 0 Å². The number of aryl methyl sites for hydroxylation is 1. The van der Waals surface area contributed by atoms with E-state index < -0.39 is 29.4 Å². The van der Waals surface area contributed by atoms with Gasteiger partial charge in [-0.15, -0.1) is 11.8 Å². The first-order chi connectivity index (χ1) is 13.8. The molecule has 0 bridgehead atoms. The van der Waals surface area contributed by atoms with E-state index in [1.165, 1.54) is 11.6 Å². The molecular formula is C17H12F8N4S. The standard InChI is InChI=1S/C17H12F8N4S/c1-3-30-11-5-8(15(18,19)17(23,24)25)6-26-12(11)14-28-10-4-9(16(20,21)22)7-27-13(10)29(14)2/h4-7H,3H2,1-2H3. The zero-order valence-electron chi connectivity index (χ0n) is 15.2. The molecule has 0 saturated heterocycles. The Labute approximate surface area is 168 Å². The number of hydrogen-bond donors (Lipinski definition) is 0. The summed E-state index contributed by atoms with van der Waals surface area (Å²) >= 11 is 0.947. The lowest BCUT2D eigenvalue weighted by molar-refractivity contribution is -0.289. The quantitative estimate of drug-likeness (QED) is 0.367. The van der Waals surface area contributed by atoms with Gasteiger partial charge in [-0.2, -0.15) is 35.1 Å². The van der Waals surface area contributed by atoms with E-state index in [2.05, 4.69) is 15.0 Å². The molecule has 0 saturated carbocycles. The largest absolute Gasteiger partial charge is 0.458 e. The van der Waals surface area contributed by atoms with E-state index >= 15 is 0 Å². The summed E-state index contributed by atoms with van der Waals surface area (Å²) in [5.41, 5.74) is -2.47. The highest BCUT2D eigenvalue weighted by Crippen LogP contribution is 2.45. The van der Waals surface area contributed by atoms with Gasteiger partial charge >= 0.3 is 18.3 Å². The Morgan fingerprint density at radius 3 is 2.13 bits per heavy atom. The lowest BCUT2D eigenvalue weighted by Crippen LogP contribution is -2.33. The fraction of sp³-hybridized carbons (Fsp3) is 0.353. The van der Waals surface area contributed by atoms with E-state index in [0.717, 1.165) is 17.8 Å². The summed E-state index contributed by atoms with van der Waals surface area (Å²) in [4.78, 5) is 11.5. The molecule has 0 atom stereocenters. The number of rotatable bonds is 4. The Morgan fingerprint density at radius 2 is 1.57 bits per heavy atom. The Bertz CT molecular complexity index is 1090. The minimum absolute atomic E-state index is 0.0188. The minimum atomic E-state index is -5.81. The van der Waals surface area contributed by atoms with Crippen molar-refractivity contribution in [2.45, 2.75) is 30.1 Å². The highest BCUT2D eigenvalue weighted by Gasteiger charge is 2.59. The van der Waals surface area contributed by atoms with Crippen LogP contribution < -0.4 is 0 Å². The number of aromatic nitrogens is 4. The van der Waals surface area contributed by atoms with Crippen LogP contribution in [0, 0.1) is 0 Å². The molecule has 162 valence electrons. The molecule has 0 aliphatic carbocycles. The molecule has 0 unspecified atom stereocenters. The summed E-state index contributed by atoms with van der Waals surface area (Å²) in [5.74, 6) is -4.82. The second-order valence-corrected chi connectivity index (χ2v) is 7.44. The highest BCUT2D eigenvalue weighted by molar-refractivity contribution is 7.99. The Kier molecular flexibility index (Phi) is 5.46. The van der Waals surface area contributed by atoms with Crippen molar-refractivity contribution in [2.24, 2.45) is 7.05 Å². The Morgan fingerprint density at radius 1 is 0.933 bits per heavy atom. The van der Waals surface area contributed by atoms with E-state index in [4.69, 9.17) is 0 Å². The maximum absolute atomic E-state index is 13.7. The second-order valence-electron chi connectivity index (χ2n) is 6.13. The summed E-state index contributed by atoms with van der Waals surface area (Å²) < 4.78 is 106. The van der Waals surface area contributed by atoms with Crippen molar-refractivity contribution < 1.29 is 35.1 Å². The van der Waals surface area contributed by atoms with E-state index in [9.17, 15) is 35.1 Å². The smallest absolute Gasteiger partial charge is 0.310 e. The summed E-state index contributed by atoms with van der Waals surface area (Å²) in [6.45, 7) is 1.65. The number of nitrogens with zero attached hydrogens (tertiary/aromatic N) is 4. The molecule has 3 aromatic rings. The van der Waals surface area contributed by atoms with Gasteiger partial charge < -0.3 is 4.57 Å². The van der Waals surface area contributed by atoms with Crippen molar-refractivity contribution in [1.82, 2.24) is 19.5 Å². The molecule has 4 nitrogen and oxygen atoms in total. The molecule has 0 radical (unpaired) electrons. The molecule has 3 heterocycles. The average molecular weight is 456 g/mol. The zero-order chi connectivity index (χ0) is 22.5. The van der Waals surface area contributed by atoms with Gasteiger partial charge in [0.15, 0.2) is 11.5 Å². The number of halogens is 8. The first-order valence-corrected chi connectivity index (χ1v) is 9.23. The van der Waals surface area contributed by atoms with Gasteiger partial charge in [-0.25, -0.2) is 9.97 Å². The van der Waals surface area contributed by atoms with Crippen LogP contribution in [-0.2, 0) is 19.1 Å². The van der Waals surface area contributed by atoms with Gasteiger partial charge in [0.25, 0.3) is 0 Å². The SMILES string of the molecule is CCSc1cc(C(F)(F)C(F)(F)F)cnc1-c1nc2cc(C(F)(F)F)cnc2n1C. The van der Waals surface area contributed by atoms with Crippen LogP contribution in [0.1, 0.15) is 18.1 Å².